The molecule has 0 aliphatic heterocycles. The van der Waals surface area contributed by atoms with Crippen LogP contribution in [0.5, 0.6) is 0 Å². The third-order valence-electron chi connectivity index (χ3n) is 3.55. The van der Waals surface area contributed by atoms with Crippen molar-refractivity contribution >= 4 is 11.9 Å². The highest BCUT2D eigenvalue weighted by Crippen LogP contribution is 2.30. The van der Waals surface area contributed by atoms with E-state index in [0.717, 1.165) is 18.4 Å². The number of ether oxygens (including phenoxy) is 1. The van der Waals surface area contributed by atoms with Gasteiger partial charge in [0.15, 0.2) is 0 Å². The molecular formula is C16H21NO3. The predicted octanol–water partition coefficient (Wildman–Crippen LogP) is 2.34. The fourth-order valence-corrected chi connectivity index (χ4v) is 2.25. The molecule has 0 saturated heterocycles. The van der Waals surface area contributed by atoms with E-state index in [2.05, 4.69) is 0 Å². The minimum atomic E-state index is -0.326. The molecule has 1 unspecified atom stereocenters. The van der Waals surface area contributed by atoms with Gasteiger partial charge in [-0.15, -0.1) is 0 Å². The average molecular weight is 275 g/mol. The summed E-state index contributed by atoms with van der Waals surface area (Å²) in [7, 11) is 0. The average Bonchev–Trinajstić information content (AvgIpc) is 3.29. The number of hydrogen-bond acceptors (Lipinski definition) is 3. The summed E-state index contributed by atoms with van der Waals surface area (Å²) in [6.45, 7) is 4.07. The number of carbonyl (C=O) groups is 2. The molecule has 1 aromatic rings. The van der Waals surface area contributed by atoms with Crippen molar-refractivity contribution in [2.24, 2.45) is 0 Å². The molecule has 0 bridgehead atoms. The maximum atomic E-state index is 12.6. The molecule has 1 amide bonds. The van der Waals surface area contributed by atoms with Crippen molar-refractivity contribution in [1.82, 2.24) is 4.90 Å². The van der Waals surface area contributed by atoms with Crippen LogP contribution in [0.2, 0.25) is 0 Å². The van der Waals surface area contributed by atoms with E-state index in [1.807, 2.05) is 37.3 Å². The molecule has 0 aromatic heterocycles. The van der Waals surface area contributed by atoms with Crippen LogP contribution in [0.1, 0.15) is 38.2 Å². The molecule has 1 saturated carbocycles. The lowest BCUT2D eigenvalue weighted by atomic mass is 10.00. The number of esters is 1. The Labute approximate surface area is 119 Å². The van der Waals surface area contributed by atoms with Gasteiger partial charge in [-0.2, -0.15) is 0 Å². The Balaban J connectivity index is 2.05. The summed E-state index contributed by atoms with van der Waals surface area (Å²) in [6, 6.07) is 9.87. The normalized spacial score (nSPS) is 15.5. The van der Waals surface area contributed by atoms with Crippen molar-refractivity contribution in [2.75, 3.05) is 13.2 Å². The van der Waals surface area contributed by atoms with E-state index in [-0.39, 0.29) is 30.4 Å². The maximum absolute atomic E-state index is 12.6. The topological polar surface area (TPSA) is 46.6 Å². The van der Waals surface area contributed by atoms with Gasteiger partial charge in [-0.1, -0.05) is 30.3 Å². The molecule has 1 atom stereocenters. The molecule has 4 nitrogen and oxygen atoms in total. The van der Waals surface area contributed by atoms with Gasteiger partial charge in [0.05, 0.1) is 12.5 Å². The zero-order valence-corrected chi connectivity index (χ0v) is 12.0. The molecular weight excluding hydrogens is 254 g/mol. The minimum Gasteiger partial charge on any atom is -0.465 e. The molecule has 0 heterocycles. The highest BCUT2D eigenvalue weighted by Gasteiger charge is 2.36. The second-order valence-electron chi connectivity index (χ2n) is 5.13. The van der Waals surface area contributed by atoms with Crippen molar-refractivity contribution in [3.05, 3.63) is 35.9 Å². The first-order valence-corrected chi connectivity index (χ1v) is 7.14. The Morgan fingerprint density at radius 1 is 1.30 bits per heavy atom. The standard InChI is InChI=1S/C16H21NO3/c1-3-20-15(18)11-17(14-9-10-14)16(19)12(2)13-7-5-4-6-8-13/h4-8,12,14H,3,9-11H2,1-2H3. The molecule has 0 N–H and O–H groups in total. The zero-order valence-electron chi connectivity index (χ0n) is 12.0. The smallest absolute Gasteiger partial charge is 0.325 e. The number of benzene rings is 1. The number of nitrogens with zero attached hydrogens (tertiary/aromatic N) is 1. The summed E-state index contributed by atoms with van der Waals surface area (Å²) >= 11 is 0. The summed E-state index contributed by atoms with van der Waals surface area (Å²) in [6.07, 6.45) is 1.96. The van der Waals surface area contributed by atoms with Crippen molar-refractivity contribution in [2.45, 2.75) is 38.6 Å². The van der Waals surface area contributed by atoms with Crippen LogP contribution < -0.4 is 0 Å². The molecule has 0 spiro atoms. The second-order valence-corrected chi connectivity index (χ2v) is 5.13. The van der Waals surface area contributed by atoms with Gasteiger partial charge >= 0.3 is 5.97 Å². The summed E-state index contributed by atoms with van der Waals surface area (Å²) in [5.74, 6) is -0.550. The van der Waals surface area contributed by atoms with Crippen LogP contribution in [-0.4, -0.2) is 36.0 Å². The number of carbonyl (C=O) groups excluding carboxylic acids is 2. The Hall–Kier alpha value is -1.84. The van der Waals surface area contributed by atoms with E-state index in [0.29, 0.717) is 6.61 Å². The van der Waals surface area contributed by atoms with Gasteiger partial charge in [-0.25, -0.2) is 0 Å². The minimum absolute atomic E-state index is 0.00625. The van der Waals surface area contributed by atoms with Crippen LogP contribution in [0, 0.1) is 0 Å². The summed E-state index contributed by atoms with van der Waals surface area (Å²) in [5.41, 5.74) is 0.979. The first-order chi connectivity index (χ1) is 9.63. The fraction of sp³-hybridized carbons (Fsp3) is 0.500. The summed E-state index contributed by atoms with van der Waals surface area (Å²) in [4.78, 5) is 25.9. The molecule has 4 heteroatoms. The van der Waals surface area contributed by atoms with Gasteiger partial charge in [0.2, 0.25) is 5.91 Å². The number of rotatable bonds is 6. The Kier molecular flexibility index (Phi) is 4.77. The number of hydrogen-bond donors (Lipinski definition) is 0. The van der Waals surface area contributed by atoms with Gasteiger partial charge in [-0.3, -0.25) is 9.59 Å². The molecule has 1 fully saturated rings. The Bertz CT molecular complexity index is 468. The van der Waals surface area contributed by atoms with E-state index in [9.17, 15) is 9.59 Å². The lowest BCUT2D eigenvalue weighted by Gasteiger charge is -2.25. The van der Waals surface area contributed by atoms with Crippen LogP contribution >= 0.6 is 0 Å². The van der Waals surface area contributed by atoms with Crippen LogP contribution in [0.15, 0.2) is 30.3 Å². The van der Waals surface area contributed by atoms with Crippen LogP contribution in [0.4, 0.5) is 0 Å². The zero-order chi connectivity index (χ0) is 14.5. The Morgan fingerprint density at radius 2 is 1.95 bits per heavy atom. The second kappa shape index (κ2) is 6.55. The highest BCUT2D eigenvalue weighted by atomic mass is 16.5. The van der Waals surface area contributed by atoms with E-state index < -0.39 is 0 Å². The van der Waals surface area contributed by atoms with Gasteiger partial charge in [0.25, 0.3) is 0 Å². The van der Waals surface area contributed by atoms with Crippen molar-refractivity contribution in [3.63, 3.8) is 0 Å². The van der Waals surface area contributed by atoms with Crippen LogP contribution in [0.3, 0.4) is 0 Å². The van der Waals surface area contributed by atoms with Crippen LogP contribution in [-0.2, 0) is 14.3 Å². The first kappa shape index (κ1) is 14.6. The van der Waals surface area contributed by atoms with Gasteiger partial charge in [0, 0.05) is 6.04 Å². The van der Waals surface area contributed by atoms with Crippen molar-refractivity contribution in [1.29, 1.82) is 0 Å². The van der Waals surface area contributed by atoms with Gasteiger partial charge < -0.3 is 9.64 Å². The van der Waals surface area contributed by atoms with E-state index in [4.69, 9.17) is 4.74 Å². The third kappa shape index (κ3) is 3.59. The Morgan fingerprint density at radius 3 is 2.50 bits per heavy atom. The molecule has 20 heavy (non-hydrogen) atoms. The van der Waals surface area contributed by atoms with E-state index in [1.54, 1.807) is 11.8 Å². The summed E-state index contributed by atoms with van der Waals surface area (Å²) in [5, 5.41) is 0. The third-order valence-corrected chi connectivity index (χ3v) is 3.55. The molecule has 108 valence electrons. The van der Waals surface area contributed by atoms with E-state index >= 15 is 0 Å². The van der Waals surface area contributed by atoms with Crippen LogP contribution in [0.25, 0.3) is 0 Å². The molecule has 1 aliphatic carbocycles. The quantitative estimate of drug-likeness (QED) is 0.749. The molecule has 1 aliphatic rings. The van der Waals surface area contributed by atoms with Crippen molar-refractivity contribution < 1.29 is 14.3 Å². The van der Waals surface area contributed by atoms with E-state index in [1.165, 1.54) is 0 Å². The lowest BCUT2D eigenvalue weighted by Crippen LogP contribution is -2.40. The molecule has 1 aromatic carbocycles. The number of amides is 1. The molecule has 0 radical (unpaired) electrons. The largest absolute Gasteiger partial charge is 0.465 e. The fourth-order valence-electron chi connectivity index (χ4n) is 2.25. The lowest BCUT2D eigenvalue weighted by molar-refractivity contribution is -0.149. The first-order valence-electron chi connectivity index (χ1n) is 7.14. The van der Waals surface area contributed by atoms with Gasteiger partial charge in [0.1, 0.15) is 6.54 Å². The predicted molar refractivity (Wildman–Crippen MR) is 76.2 cm³/mol. The SMILES string of the molecule is CCOC(=O)CN(C(=O)C(C)c1ccccc1)C1CC1. The summed E-state index contributed by atoms with van der Waals surface area (Å²) < 4.78 is 4.95. The van der Waals surface area contributed by atoms with Gasteiger partial charge in [-0.05, 0) is 32.3 Å². The molecule has 2 rings (SSSR count). The maximum Gasteiger partial charge on any atom is 0.325 e. The van der Waals surface area contributed by atoms with Crippen molar-refractivity contribution in [3.8, 4) is 0 Å². The monoisotopic (exact) mass is 275 g/mol. The highest BCUT2D eigenvalue weighted by molar-refractivity contribution is 5.87.